The molecule has 0 saturated carbocycles. The van der Waals surface area contributed by atoms with Gasteiger partial charge in [-0.1, -0.05) is 18.9 Å². The average molecular weight is 374 g/mol. The van der Waals surface area contributed by atoms with Gasteiger partial charge in [0.15, 0.2) is 0 Å². The fourth-order valence-corrected chi connectivity index (χ4v) is 3.74. The predicted molar refractivity (Wildman–Crippen MR) is 106 cm³/mol. The Bertz CT molecular complexity index is 644. The lowest BCUT2D eigenvalue weighted by Gasteiger charge is -2.24. The van der Waals surface area contributed by atoms with Crippen LogP contribution in [0.25, 0.3) is 0 Å². The number of ether oxygens (including phenoxy) is 1. The Balaban J connectivity index is 1.59. The zero-order chi connectivity index (χ0) is 19.1. The summed E-state index contributed by atoms with van der Waals surface area (Å²) in [5, 5.41) is 3.02. The molecule has 0 radical (unpaired) electrons. The Morgan fingerprint density at radius 1 is 0.889 bits per heavy atom. The number of amides is 3. The quantitative estimate of drug-likeness (QED) is 0.862. The van der Waals surface area contributed by atoms with E-state index in [0.717, 1.165) is 25.2 Å². The molecule has 7 heteroatoms. The number of carbonyl (C=O) groups is 2. The number of urea groups is 1. The van der Waals surface area contributed by atoms with Crippen molar-refractivity contribution in [3.05, 3.63) is 24.3 Å². The molecule has 0 unspecified atom stereocenters. The summed E-state index contributed by atoms with van der Waals surface area (Å²) in [5.74, 6) is 0. The third-order valence-electron chi connectivity index (χ3n) is 5.28. The number of hydrogen-bond acceptors (Lipinski definition) is 4. The molecule has 0 spiro atoms. The number of benzene rings is 1. The van der Waals surface area contributed by atoms with Crippen molar-refractivity contribution in [2.45, 2.75) is 32.1 Å². The fraction of sp³-hybridized carbons (Fsp3) is 0.600. The summed E-state index contributed by atoms with van der Waals surface area (Å²) in [7, 11) is 1.38. The van der Waals surface area contributed by atoms with Gasteiger partial charge < -0.3 is 24.8 Å². The van der Waals surface area contributed by atoms with Gasteiger partial charge in [0.05, 0.1) is 7.11 Å². The van der Waals surface area contributed by atoms with Crippen LogP contribution in [0.3, 0.4) is 0 Å². The van der Waals surface area contributed by atoms with Gasteiger partial charge in [0, 0.05) is 50.6 Å². The van der Waals surface area contributed by atoms with Crippen LogP contribution in [-0.2, 0) is 4.74 Å². The first-order chi connectivity index (χ1) is 13.2. The van der Waals surface area contributed by atoms with Crippen LogP contribution in [0.1, 0.15) is 32.1 Å². The fourth-order valence-electron chi connectivity index (χ4n) is 3.74. The maximum absolute atomic E-state index is 12.7. The molecule has 2 saturated heterocycles. The van der Waals surface area contributed by atoms with Crippen LogP contribution in [0.4, 0.5) is 21.0 Å². The lowest BCUT2D eigenvalue weighted by Crippen LogP contribution is -2.39. The Kier molecular flexibility index (Phi) is 6.79. The highest BCUT2D eigenvalue weighted by molar-refractivity contribution is 5.90. The molecule has 0 bridgehead atoms. The molecule has 2 heterocycles. The first-order valence-corrected chi connectivity index (χ1v) is 9.91. The highest BCUT2D eigenvalue weighted by Crippen LogP contribution is 2.23. The molecule has 3 amide bonds. The topological polar surface area (TPSA) is 65.1 Å². The van der Waals surface area contributed by atoms with Crippen molar-refractivity contribution in [3.63, 3.8) is 0 Å². The molecule has 1 aromatic carbocycles. The molecule has 2 aliphatic rings. The summed E-state index contributed by atoms with van der Waals surface area (Å²) in [6.45, 7) is 4.40. The molecule has 148 valence electrons. The number of nitrogens with zero attached hydrogens (tertiary/aromatic N) is 3. The third-order valence-corrected chi connectivity index (χ3v) is 5.28. The zero-order valence-corrected chi connectivity index (χ0v) is 16.2. The second kappa shape index (κ2) is 9.48. The molecular formula is C20H30N4O3. The van der Waals surface area contributed by atoms with Crippen molar-refractivity contribution in [3.8, 4) is 0 Å². The van der Waals surface area contributed by atoms with Crippen LogP contribution >= 0.6 is 0 Å². The largest absolute Gasteiger partial charge is 0.453 e. The van der Waals surface area contributed by atoms with Gasteiger partial charge in [-0.3, -0.25) is 0 Å². The highest BCUT2D eigenvalue weighted by atomic mass is 16.5. The van der Waals surface area contributed by atoms with E-state index in [2.05, 4.69) is 22.3 Å². The second-order valence-electron chi connectivity index (χ2n) is 7.18. The minimum absolute atomic E-state index is 0.116. The first kappa shape index (κ1) is 19.3. The van der Waals surface area contributed by atoms with Gasteiger partial charge in [0.1, 0.15) is 0 Å². The minimum atomic E-state index is -0.331. The van der Waals surface area contributed by atoms with Crippen LogP contribution in [0, 0.1) is 0 Å². The van der Waals surface area contributed by atoms with Crippen LogP contribution in [-0.4, -0.2) is 68.3 Å². The summed E-state index contributed by atoms with van der Waals surface area (Å²) in [6, 6.07) is 7.98. The van der Waals surface area contributed by atoms with E-state index in [9.17, 15) is 9.59 Å². The van der Waals surface area contributed by atoms with E-state index < -0.39 is 0 Å². The van der Waals surface area contributed by atoms with E-state index in [1.54, 1.807) is 9.80 Å². The van der Waals surface area contributed by atoms with Crippen LogP contribution in [0.2, 0.25) is 0 Å². The van der Waals surface area contributed by atoms with Crippen LogP contribution < -0.4 is 10.2 Å². The molecule has 0 aromatic heterocycles. The van der Waals surface area contributed by atoms with Crippen molar-refractivity contribution < 1.29 is 14.3 Å². The summed E-state index contributed by atoms with van der Waals surface area (Å²) in [4.78, 5) is 30.2. The van der Waals surface area contributed by atoms with E-state index >= 15 is 0 Å². The third kappa shape index (κ3) is 5.28. The normalized spacial score (nSPS) is 18.5. The molecule has 0 aliphatic carbocycles. The van der Waals surface area contributed by atoms with Gasteiger partial charge in [0.2, 0.25) is 0 Å². The van der Waals surface area contributed by atoms with Gasteiger partial charge >= 0.3 is 12.1 Å². The summed E-state index contributed by atoms with van der Waals surface area (Å²) < 4.78 is 4.78. The van der Waals surface area contributed by atoms with Crippen molar-refractivity contribution in [1.82, 2.24) is 9.80 Å². The van der Waals surface area contributed by atoms with Gasteiger partial charge in [-0.05, 0) is 37.5 Å². The van der Waals surface area contributed by atoms with Crippen LogP contribution in [0.15, 0.2) is 24.3 Å². The average Bonchev–Trinajstić information content (AvgIpc) is 3.11. The van der Waals surface area contributed by atoms with E-state index in [1.165, 1.54) is 38.5 Å². The lowest BCUT2D eigenvalue weighted by atomic mass is 10.2. The molecular weight excluding hydrogens is 344 g/mol. The Labute approximate surface area is 161 Å². The minimum Gasteiger partial charge on any atom is -0.453 e. The first-order valence-electron chi connectivity index (χ1n) is 9.91. The monoisotopic (exact) mass is 374 g/mol. The van der Waals surface area contributed by atoms with Gasteiger partial charge in [-0.15, -0.1) is 0 Å². The van der Waals surface area contributed by atoms with Crippen molar-refractivity contribution >= 4 is 23.5 Å². The lowest BCUT2D eigenvalue weighted by molar-refractivity contribution is 0.125. The Hall–Kier alpha value is -2.44. The summed E-state index contributed by atoms with van der Waals surface area (Å²) >= 11 is 0. The maximum Gasteiger partial charge on any atom is 0.409 e. The van der Waals surface area contributed by atoms with Crippen LogP contribution in [0.5, 0.6) is 0 Å². The van der Waals surface area contributed by atoms with Gasteiger partial charge in [-0.2, -0.15) is 0 Å². The molecule has 2 aliphatic heterocycles. The van der Waals surface area contributed by atoms with E-state index in [4.69, 9.17) is 4.74 Å². The number of rotatable bonds is 2. The summed E-state index contributed by atoms with van der Waals surface area (Å²) in [6.07, 6.45) is 5.45. The molecule has 3 rings (SSSR count). The standard InChI is InChI=1S/C20H30N4O3/c1-27-20(26)24-13-7-12-23(14-15-24)19(25)21-17-8-6-9-18(16-17)22-10-4-2-3-5-11-22/h6,8-9,16H,2-5,7,10-15H2,1H3,(H,21,25). The van der Waals surface area contributed by atoms with Crippen molar-refractivity contribution in [2.75, 3.05) is 56.6 Å². The Morgan fingerprint density at radius 2 is 1.59 bits per heavy atom. The van der Waals surface area contributed by atoms with Gasteiger partial charge in [-0.25, -0.2) is 9.59 Å². The SMILES string of the molecule is COC(=O)N1CCCN(C(=O)Nc2cccc(N3CCCCCC3)c2)CC1. The van der Waals surface area contributed by atoms with Gasteiger partial charge in [0.25, 0.3) is 0 Å². The Morgan fingerprint density at radius 3 is 2.33 bits per heavy atom. The maximum atomic E-state index is 12.7. The molecule has 2 fully saturated rings. The van der Waals surface area contributed by atoms with E-state index in [1.807, 2.05) is 12.1 Å². The van der Waals surface area contributed by atoms with E-state index in [0.29, 0.717) is 26.2 Å². The molecule has 27 heavy (non-hydrogen) atoms. The predicted octanol–water partition coefficient (Wildman–Crippen LogP) is 3.37. The molecule has 1 N–H and O–H groups in total. The summed E-state index contributed by atoms with van der Waals surface area (Å²) in [5.41, 5.74) is 1.98. The molecule has 1 aromatic rings. The van der Waals surface area contributed by atoms with Crippen molar-refractivity contribution in [2.24, 2.45) is 0 Å². The molecule has 7 nitrogen and oxygen atoms in total. The number of hydrogen-bond donors (Lipinski definition) is 1. The second-order valence-corrected chi connectivity index (χ2v) is 7.18. The molecule has 0 atom stereocenters. The highest BCUT2D eigenvalue weighted by Gasteiger charge is 2.22. The number of anilines is 2. The van der Waals surface area contributed by atoms with Crippen molar-refractivity contribution in [1.29, 1.82) is 0 Å². The number of methoxy groups -OCH3 is 1. The zero-order valence-electron chi connectivity index (χ0n) is 16.2. The van der Waals surface area contributed by atoms with E-state index in [-0.39, 0.29) is 12.1 Å². The number of nitrogens with one attached hydrogen (secondary N) is 1. The number of carbonyl (C=O) groups excluding carboxylic acids is 2. The smallest absolute Gasteiger partial charge is 0.409 e.